The van der Waals surface area contributed by atoms with E-state index < -0.39 is 0 Å². The zero-order chi connectivity index (χ0) is 23.8. The maximum absolute atomic E-state index is 12.3. The number of nitrogens with one attached hydrogen (secondary N) is 2. The van der Waals surface area contributed by atoms with E-state index in [2.05, 4.69) is 61.6 Å². The third-order valence-corrected chi connectivity index (χ3v) is 6.86. The van der Waals surface area contributed by atoms with Gasteiger partial charge in [-0.3, -0.25) is 14.4 Å². The number of rotatable bonds is 7. The highest BCUT2D eigenvalue weighted by atomic mass is 16.2. The van der Waals surface area contributed by atoms with Crippen LogP contribution in [-0.4, -0.2) is 66.6 Å². The molecule has 1 aliphatic carbocycles. The number of amides is 1. The fraction of sp³-hybridized carbons (Fsp3) is 0.385. The second-order valence-electron chi connectivity index (χ2n) is 9.45. The Labute approximate surface area is 204 Å². The number of benzene rings is 1. The summed E-state index contributed by atoms with van der Waals surface area (Å²) in [5, 5.41) is 7.69. The number of aryl methyl sites for hydroxylation is 1. The van der Waals surface area contributed by atoms with Gasteiger partial charge in [0.05, 0.1) is 17.2 Å². The molecule has 1 aliphatic heterocycles. The maximum atomic E-state index is 12.3. The van der Waals surface area contributed by atoms with Crippen molar-refractivity contribution < 1.29 is 4.79 Å². The molecule has 0 unspecified atom stereocenters. The first-order valence-electron chi connectivity index (χ1n) is 12.4. The van der Waals surface area contributed by atoms with Gasteiger partial charge in [-0.2, -0.15) is 5.10 Å². The first kappa shape index (κ1) is 21.8. The highest BCUT2D eigenvalue weighted by molar-refractivity contribution is 5.83. The topological polar surface area (TPSA) is 95.0 Å². The summed E-state index contributed by atoms with van der Waals surface area (Å²) >= 11 is 0. The van der Waals surface area contributed by atoms with Gasteiger partial charge in [-0.1, -0.05) is 6.07 Å². The van der Waals surface area contributed by atoms with E-state index in [0.29, 0.717) is 17.8 Å². The second kappa shape index (κ2) is 9.14. The Morgan fingerprint density at radius 3 is 2.74 bits per heavy atom. The molecule has 0 spiro atoms. The summed E-state index contributed by atoms with van der Waals surface area (Å²) in [6, 6.07) is 10.3. The van der Waals surface area contributed by atoms with Crippen LogP contribution in [-0.2, 0) is 17.9 Å². The minimum Gasteiger partial charge on any atom is -0.340 e. The number of piperazine rings is 1. The number of fused-ring (bicyclic) bond motifs is 1. The summed E-state index contributed by atoms with van der Waals surface area (Å²) in [5.74, 6) is 2.08. The lowest BCUT2D eigenvalue weighted by Crippen LogP contribution is -2.48. The smallest absolute Gasteiger partial charge is 0.225 e. The molecule has 2 fully saturated rings. The van der Waals surface area contributed by atoms with Crippen LogP contribution in [0.3, 0.4) is 0 Å². The lowest BCUT2D eigenvalue weighted by Gasteiger charge is -2.34. The number of anilines is 2. The first-order valence-corrected chi connectivity index (χ1v) is 12.4. The highest BCUT2D eigenvalue weighted by Crippen LogP contribution is 2.31. The predicted octanol–water partition coefficient (Wildman–Crippen LogP) is 3.64. The van der Waals surface area contributed by atoms with E-state index in [1.807, 2.05) is 34.1 Å². The largest absolute Gasteiger partial charge is 0.340 e. The molecule has 9 nitrogen and oxygen atoms in total. The standard InChI is InChI=1S/C26H30N8O/c1-2-34-17-21(15-28-34)20-5-6-22-23(14-20)30-26(29-22)31-24-13-18(7-8-27-24)16-32-9-11-33(12-10-32)25(35)19-3-4-19/h5-8,13-15,17,19H,2-4,9-12,16H2,1H3,(H2,27,29,30,31). The number of carbonyl (C=O) groups excluding carboxylic acids is 1. The number of carbonyl (C=O) groups is 1. The molecule has 1 amide bonds. The van der Waals surface area contributed by atoms with Gasteiger partial charge in [0.15, 0.2) is 0 Å². The fourth-order valence-corrected chi connectivity index (χ4v) is 4.67. The molecule has 0 radical (unpaired) electrons. The molecule has 180 valence electrons. The monoisotopic (exact) mass is 470 g/mol. The van der Waals surface area contributed by atoms with Crippen molar-refractivity contribution in [3.05, 3.63) is 54.5 Å². The van der Waals surface area contributed by atoms with Gasteiger partial charge in [0.25, 0.3) is 0 Å². The minimum atomic E-state index is 0.306. The zero-order valence-electron chi connectivity index (χ0n) is 19.9. The normalized spacial score (nSPS) is 16.7. The van der Waals surface area contributed by atoms with E-state index in [-0.39, 0.29) is 0 Å². The van der Waals surface area contributed by atoms with Gasteiger partial charge >= 0.3 is 0 Å². The molecule has 1 aromatic carbocycles. The van der Waals surface area contributed by atoms with Crippen LogP contribution in [0.15, 0.2) is 48.9 Å². The highest BCUT2D eigenvalue weighted by Gasteiger charge is 2.34. The molecular weight excluding hydrogens is 440 g/mol. The van der Waals surface area contributed by atoms with Gasteiger partial charge in [-0.25, -0.2) is 9.97 Å². The van der Waals surface area contributed by atoms with E-state index in [9.17, 15) is 4.79 Å². The lowest BCUT2D eigenvalue weighted by molar-refractivity contribution is -0.134. The molecule has 2 N–H and O–H groups in total. The van der Waals surface area contributed by atoms with E-state index in [0.717, 1.165) is 80.1 Å². The number of aromatic amines is 1. The summed E-state index contributed by atoms with van der Waals surface area (Å²) < 4.78 is 1.92. The maximum Gasteiger partial charge on any atom is 0.225 e. The van der Waals surface area contributed by atoms with Crippen LogP contribution in [0.25, 0.3) is 22.2 Å². The minimum absolute atomic E-state index is 0.306. The Bertz CT molecular complexity index is 1350. The molecule has 1 saturated heterocycles. The molecule has 4 aromatic rings. The molecule has 3 aromatic heterocycles. The lowest BCUT2D eigenvalue weighted by atomic mass is 10.1. The van der Waals surface area contributed by atoms with Gasteiger partial charge < -0.3 is 15.2 Å². The Kier molecular flexibility index (Phi) is 5.69. The molecular formula is C26H30N8O. The van der Waals surface area contributed by atoms with Crippen LogP contribution in [0.1, 0.15) is 25.3 Å². The van der Waals surface area contributed by atoms with Crippen LogP contribution >= 0.6 is 0 Å². The Hall–Kier alpha value is -3.72. The van der Waals surface area contributed by atoms with Crippen molar-refractivity contribution in [1.29, 1.82) is 0 Å². The molecule has 9 heteroatoms. The number of pyridine rings is 1. The summed E-state index contributed by atoms with van der Waals surface area (Å²) in [4.78, 5) is 29.3. The van der Waals surface area contributed by atoms with Crippen molar-refractivity contribution in [2.24, 2.45) is 5.92 Å². The van der Waals surface area contributed by atoms with E-state index in [4.69, 9.17) is 0 Å². The molecule has 0 atom stereocenters. The molecule has 2 aliphatic rings. The van der Waals surface area contributed by atoms with Crippen LogP contribution in [0.4, 0.5) is 11.8 Å². The third-order valence-electron chi connectivity index (χ3n) is 6.86. The SMILES string of the molecule is CCn1cc(-c2ccc3nc(Nc4cc(CN5CCN(C(=O)C6CC6)CC5)ccn4)[nH]c3c2)cn1. The summed E-state index contributed by atoms with van der Waals surface area (Å²) in [6.07, 6.45) is 7.92. The fourth-order valence-electron chi connectivity index (χ4n) is 4.67. The van der Waals surface area contributed by atoms with Crippen LogP contribution in [0.5, 0.6) is 0 Å². The second-order valence-corrected chi connectivity index (χ2v) is 9.45. The van der Waals surface area contributed by atoms with Gasteiger partial charge in [-0.15, -0.1) is 0 Å². The molecule has 4 heterocycles. The number of hydrogen-bond donors (Lipinski definition) is 2. The summed E-state index contributed by atoms with van der Waals surface area (Å²) in [5.41, 5.74) is 5.24. The van der Waals surface area contributed by atoms with Crippen LogP contribution < -0.4 is 5.32 Å². The molecule has 6 rings (SSSR count). The van der Waals surface area contributed by atoms with Gasteiger partial charge in [-0.05, 0) is 55.2 Å². The number of nitrogens with zero attached hydrogens (tertiary/aromatic N) is 6. The molecule has 1 saturated carbocycles. The van der Waals surface area contributed by atoms with Crippen molar-refractivity contribution in [3.8, 4) is 11.1 Å². The van der Waals surface area contributed by atoms with E-state index in [1.165, 1.54) is 5.56 Å². The van der Waals surface area contributed by atoms with E-state index in [1.54, 1.807) is 0 Å². The first-order chi connectivity index (χ1) is 17.1. The average Bonchev–Trinajstić information content (AvgIpc) is 3.48. The molecule has 35 heavy (non-hydrogen) atoms. The average molecular weight is 471 g/mol. The van der Waals surface area contributed by atoms with Gasteiger partial charge in [0.1, 0.15) is 5.82 Å². The van der Waals surface area contributed by atoms with Crippen molar-refractivity contribution in [2.75, 3.05) is 31.5 Å². The zero-order valence-corrected chi connectivity index (χ0v) is 19.9. The summed E-state index contributed by atoms with van der Waals surface area (Å²) in [7, 11) is 0. The number of hydrogen-bond acceptors (Lipinski definition) is 6. The summed E-state index contributed by atoms with van der Waals surface area (Å²) in [6.45, 7) is 7.24. The van der Waals surface area contributed by atoms with Crippen molar-refractivity contribution in [2.45, 2.75) is 32.9 Å². The Balaban J connectivity index is 1.10. The number of aromatic nitrogens is 5. The quantitative estimate of drug-likeness (QED) is 0.428. The predicted molar refractivity (Wildman–Crippen MR) is 135 cm³/mol. The Morgan fingerprint density at radius 1 is 1.11 bits per heavy atom. The van der Waals surface area contributed by atoms with Gasteiger partial charge in [0.2, 0.25) is 11.9 Å². The van der Waals surface area contributed by atoms with Gasteiger partial charge in [0, 0.05) is 63.1 Å². The van der Waals surface area contributed by atoms with E-state index >= 15 is 0 Å². The molecule has 0 bridgehead atoms. The third kappa shape index (κ3) is 4.77. The number of imidazole rings is 1. The van der Waals surface area contributed by atoms with Crippen molar-refractivity contribution >= 4 is 28.7 Å². The van der Waals surface area contributed by atoms with Crippen molar-refractivity contribution in [3.63, 3.8) is 0 Å². The van der Waals surface area contributed by atoms with Crippen LogP contribution in [0, 0.1) is 5.92 Å². The Morgan fingerprint density at radius 2 is 1.97 bits per heavy atom. The van der Waals surface area contributed by atoms with Crippen molar-refractivity contribution in [1.82, 2.24) is 34.5 Å². The van der Waals surface area contributed by atoms with Crippen LogP contribution in [0.2, 0.25) is 0 Å². The number of H-pyrrole nitrogens is 1.